The maximum atomic E-state index is 11.8. The topological polar surface area (TPSA) is 20.3 Å². The number of carbonyl (C=O) groups excluding carboxylic acids is 1. The molecule has 0 bridgehead atoms. The van der Waals surface area contributed by atoms with Crippen LogP contribution in [0.4, 0.5) is 0 Å². The van der Waals surface area contributed by atoms with E-state index in [0.717, 1.165) is 19.4 Å². The third kappa shape index (κ3) is 3.16. The van der Waals surface area contributed by atoms with Crippen molar-refractivity contribution in [1.29, 1.82) is 0 Å². The van der Waals surface area contributed by atoms with Crippen molar-refractivity contribution in [2.45, 2.75) is 51.5 Å². The van der Waals surface area contributed by atoms with Crippen LogP contribution in [-0.2, 0) is 4.79 Å². The van der Waals surface area contributed by atoms with Crippen LogP contribution in [0, 0.1) is 0 Å². The molecule has 3 heteroatoms. The lowest BCUT2D eigenvalue weighted by Gasteiger charge is -2.29. The number of nitrogens with zero attached hydrogens (tertiary/aromatic N) is 1. The van der Waals surface area contributed by atoms with Gasteiger partial charge in [0.15, 0.2) is 0 Å². The molecule has 2 nitrogen and oxygen atoms in total. The standard InChI is InChI=1S/C11H20ClNO/c1-2-10-6-4-3-5-9-13(10)11(14)7-8-12/h10H,2-9H2,1H3. The molecule has 1 amide bonds. The van der Waals surface area contributed by atoms with Crippen molar-refractivity contribution in [3.05, 3.63) is 0 Å². The Labute approximate surface area is 91.6 Å². The highest BCUT2D eigenvalue weighted by Gasteiger charge is 2.22. The number of rotatable bonds is 3. The summed E-state index contributed by atoms with van der Waals surface area (Å²) in [6.07, 6.45) is 6.44. The van der Waals surface area contributed by atoms with Gasteiger partial charge in [-0.3, -0.25) is 4.79 Å². The molecule has 0 saturated carbocycles. The minimum absolute atomic E-state index is 0.244. The highest BCUT2D eigenvalue weighted by molar-refractivity contribution is 6.18. The third-order valence-corrected chi connectivity index (χ3v) is 3.17. The van der Waals surface area contributed by atoms with Crippen molar-refractivity contribution in [1.82, 2.24) is 4.90 Å². The van der Waals surface area contributed by atoms with Crippen LogP contribution in [0.3, 0.4) is 0 Å². The number of likely N-dealkylation sites (tertiary alicyclic amines) is 1. The average Bonchev–Trinajstić information content (AvgIpc) is 2.42. The van der Waals surface area contributed by atoms with Gasteiger partial charge in [0.2, 0.25) is 5.91 Å². The van der Waals surface area contributed by atoms with E-state index >= 15 is 0 Å². The number of alkyl halides is 1. The summed E-state index contributed by atoms with van der Waals surface area (Å²) in [6.45, 7) is 3.10. The minimum atomic E-state index is 0.244. The van der Waals surface area contributed by atoms with Crippen LogP contribution < -0.4 is 0 Å². The van der Waals surface area contributed by atoms with Crippen LogP contribution in [0.15, 0.2) is 0 Å². The van der Waals surface area contributed by atoms with E-state index in [9.17, 15) is 4.79 Å². The third-order valence-electron chi connectivity index (χ3n) is 2.98. The Hall–Kier alpha value is -0.240. The van der Waals surface area contributed by atoms with Crippen LogP contribution in [-0.4, -0.2) is 29.3 Å². The van der Waals surface area contributed by atoms with E-state index < -0.39 is 0 Å². The molecular formula is C11H20ClNO. The highest BCUT2D eigenvalue weighted by atomic mass is 35.5. The second-order valence-electron chi connectivity index (χ2n) is 3.94. The molecule has 0 aromatic heterocycles. The van der Waals surface area contributed by atoms with Gasteiger partial charge in [0.05, 0.1) is 0 Å². The van der Waals surface area contributed by atoms with Crippen molar-refractivity contribution >= 4 is 17.5 Å². The summed E-state index contributed by atoms with van der Waals surface area (Å²) >= 11 is 5.60. The molecule has 0 N–H and O–H groups in total. The first kappa shape index (κ1) is 11.8. The molecule has 0 radical (unpaired) electrons. The molecule has 1 unspecified atom stereocenters. The largest absolute Gasteiger partial charge is 0.340 e. The normalized spacial score (nSPS) is 23.3. The Bertz CT molecular complexity index is 184. The van der Waals surface area contributed by atoms with Gasteiger partial charge in [-0.05, 0) is 19.3 Å². The lowest BCUT2D eigenvalue weighted by atomic mass is 10.1. The number of carbonyl (C=O) groups is 1. The van der Waals surface area contributed by atoms with Crippen molar-refractivity contribution < 1.29 is 4.79 Å². The molecule has 1 aliphatic rings. The molecule has 82 valence electrons. The summed E-state index contributed by atoms with van der Waals surface area (Å²) in [7, 11) is 0. The SMILES string of the molecule is CCC1CCCCCN1C(=O)CCCl. The monoisotopic (exact) mass is 217 g/mol. The molecule has 1 rings (SSSR count). The van der Waals surface area contributed by atoms with Crippen molar-refractivity contribution in [3.8, 4) is 0 Å². The van der Waals surface area contributed by atoms with E-state index in [0.29, 0.717) is 18.3 Å². The van der Waals surface area contributed by atoms with Gasteiger partial charge in [-0.2, -0.15) is 0 Å². The van der Waals surface area contributed by atoms with Gasteiger partial charge in [0.25, 0.3) is 0 Å². The van der Waals surface area contributed by atoms with Crippen LogP contribution in [0.1, 0.15) is 45.4 Å². The van der Waals surface area contributed by atoms with E-state index in [1.54, 1.807) is 0 Å². The zero-order chi connectivity index (χ0) is 10.4. The van der Waals surface area contributed by atoms with Gasteiger partial charge in [0.1, 0.15) is 0 Å². The molecule has 1 saturated heterocycles. The molecular weight excluding hydrogens is 198 g/mol. The fourth-order valence-electron chi connectivity index (χ4n) is 2.15. The van der Waals surface area contributed by atoms with Crippen LogP contribution in [0.2, 0.25) is 0 Å². The Morgan fingerprint density at radius 1 is 1.43 bits per heavy atom. The van der Waals surface area contributed by atoms with Crippen molar-refractivity contribution in [2.24, 2.45) is 0 Å². The lowest BCUT2D eigenvalue weighted by Crippen LogP contribution is -2.39. The smallest absolute Gasteiger partial charge is 0.224 e. The Morgan fingerprint density at radius 2 is 2.21 bits per heavy atom. The molecule has 0 aromatic carbocycles. The molecule has 0 aliphatic carbocycles. The van der Waals surface area contributed by atoms with Crippen LogP contribution >= 0.6 is 11.6 Å². The summed E-state index contributed by atoms with van der Waals surface area (Å²) in [4.78, 5) is 13.8. The molecule has 1 atom stereocenters. The Kier molecular flexibility index (Phi) is 5.31. The van der Waals surface area contributed by atoms with Crippen LogP contribution in [0.25, 0.3) is 0 Å². The first-order chi connectivity index (χ1) is 6.79. The fraction of sp³-hybridized carbons (Fsp3) is 0.909. The fourth-order valence-corrected chi connectivity index (χ4v) is 2.32. The van der Waals surface area contributed by atoms with Gasteiger partial charge in [-0.15, -0.1) is 11.6 Å². The van der Waals surface area contributed by atoms with E-state index in [1.807, 2.05) is 0 Å². The molecule has 0 spiro atoms. The van der Waals surface area contributed by atoms with E-state index in [1.165, 1.54) is 19.3 Å². The minimum Gasteiger partial charge on any atom is -0.340 e. The number of halogens is 1. The maximum absolute atomic E-state index is 11.8. The molecule has 1 fully saturated rings. The summed E-state index contributed by atoms with van der Waals surface area (Å²) in [5, 5.41) is 0. The summed E-state index contributed by atoms with van der Waals surface area (Å²) in [6, 6.07) is 0.466. The molecule has 1 heterocycles. The highest BCUT2D eigenvalue weighted by Crippen LogP contribution is 2.19. The Balaban J connectivity index is 2.55. The van der Waals surface area contributed by atoms with Crippen molar-refractivity contribution in [3.63, 3.8) is 0 Å². The van der Waals surface area contributed by atoms with Gasteiger partial charge >= 0.3 is 0 Å². The van der Waals surface area contributed by atoms with E-state index in [2.05, 4.69) is 11.8 Å². The first-order valence-corrected chi connectivity index (χ1v) is 6.18. The number of hydrogen-bond donors (Lipinski definition) is 0. The second kappa shape index (κ2) is 6.28. The predicted molar refractivity (Wildman–Crippen MR) is 59.6 cm³/mol. The molecule has 0 aromatic rings. The number of hydrogen-bond acceptors (Lipinski definition) is 1. The summed E-state index contributed by atoms with van der Waals surface area (Å²) in [5.74, 6) is 0.694. The quantitative estimate of drug-likeness (QED) is 0.666. The summed E-state index contributed by atoms with van der Waals surface area (Å²) < 4.78 is 0. The zero-order valence-electron chi connectivity index (χ0n) is 8.97. The van der Waals surface area contributed by atoms with Gasteiger partial charge in [0, 0.05) is 24.9 Å². The average molecular weight is 218 g/mol. The molecule has 1 aliphatic heterocycles. The summed E-state index contributed by atoms with van der Waals surface area (Å²) in [5.41, 5.74) is 0. The first-order valence-electron chi connectivity index (χ1n) is 5.65. The van der Waals surface area contributed by atoms with Gasteiger partial charge in [-0.1, -0.05) is 19.8 Å². The van der Waals surface area contributed by atoms with Gasteiger partial charge < -0.3 is 4.90 Å². The molecule has 14 heavy (non-hydrogen) atoms. The maximum Gasteiger partial charge on any atom is 0.224 e. The van der Waals surface area contributed by atoms with Crippen molar-refractivity contribution in [2.75, 3.05) is 12.4 Å². The lowest BCUT2D eigenvalue weighted by molar-refractivity contribution is -0.133. The Morgan fingerprint density at radius 3 is 2.86 bits per heavy atom. The van der Waals surface area contributed by atoms with Crippen LogP contribution in [0.5, 0.6) is 0 Å². The zero-order valence-corrected chi connectivity index (χ0v) is 9.72. The number of amides is 1. The second-order valence-corrected chi connectivity index (χ2v) is 4.32. The van der Waals surface area contributed by atoms with Gasteiger partial charge in [-0.25, -0.2) is 0 Å². The predicted octanol–water partition coefficient (Wildman–Crippen LogP) is 2.80. The van der Waals surface area contributed by atoms with E-state index in [-0.39, 0.29) is 5.91 Å². The van der Waals surface area contributed by atoms with E-state index in [4.69, 9.17) is 11.6 Å².